The van der Waals surface area contributed by atoms with Crippen molar-refractivity contribution in [3.8, 4) is 0 Å². The number of imidazole rings is 2. The van der Waals surface area contributed by atoms with Crippen LogP contribution in [0, 0.1) is 0 Å². The molecule has 1 unspecified atom stereocenters. The van der Waals surface area contributed by atoms with E-state index < -0.39 is 100 Å². The molecule has 27 heteroatoms. The second kappa shape index (κ2) is 12.1. The summed E-state index contributed by atoms with van der Waals surface area (Å²) in [6.07, 6.45) is -11.7. The highest BCUT2D eigenvalue weighted by atomic mass is 31.2. The van der Waals surface area contributed by atoms with Gasteiger partial charge in [0.25, 0.3) is 11.1 Å². The number of aromatic nitrogens is 8. The average Bonchev–Trinajstić information content (AvgIpc) is 3.72. The topological polar surface area (TPSA) is 369 Å². The molecule has 4 aromatic heterocycles. The third-order valence-corrected chi connectivity index (χ3v) is 8.67. The van der Waals surface area contributed by atoms with Crippen molar-refractivity contribution in [2.45, 2.75) is 49.1 Å². The fourth-order valence-electron chi connectivity index (χ4n) is 5.12. The van der Waals surface area contributed by atoms with Gasteiger partial charge in [-0.3, -0.25) is 52.2 Å². The molecule has 2 fully saturated rings. The number of aliphatic hydroxyl groups is 3. The third-order valence-electron chi connectivity index (χ3n) is 7.19. The number of fused-ring (bicyclic) bond motifs is 2. The third kappa shape index (κ3) is 6.44. The zero-order chi connectivity index (χ0) is 34.0. The van der Waals surface area contributed by atoms with Crippen LogP contribution in [0.15, 0.2) is 31.8 Å². The summed E-state index contributed by atoms with van der Waals surface area (Å²) in [5.41, 5.74) is -4.53. The number of hydrogen-bond donors (Lipinski definition) is 10. The van der Waals surface area contributed by atoms with Crippen molar-refractivity contribution in [1.82, 2.24) is 39.0 Å². The number of phosphoric acid groups is 2. The van der Waals surface area contributed by atoms with E-state index in [0.717, 1.165) is 21.8 Å². The minimum absolute atomic E-state index is 0.166. The van der Waals surface area contributed by atoms with E-state index in [1.807, 2.05) is 9.97 Å². The molecule has 10 N–H and O–H groups in total. The highest BCUT2D eigenvalue weighted by molar-refractivity contribution is 7.47. The van der Waals surface area contributed by atoms with Gasteiger partial charge in [0.15, 0.2) is 23.5 Å². The molecule has 2 aliphatic rings. The maximum Gasteiger partial charge on any atom is 0.472 e. The first kappa shape index (κ1) is 33.2. The van der Waals surface area contributed by atoms with Crippen LogP contribution in [0.4, 0.5) is 0 Å². The van der Waals surface area contributed by atoms with E-state index in [-0.39, 0.29) is 22.3 Å². The lowest BCUT2D eigenvalue weighted by Gasteiger charge is -2.24. The van der Waals surface area contributed by atoms with Crippen LogP contribution in [0.2, 0.25) is 0 Å². The Morgan fingerprint density at radius 3 is 1.74 bits per heavy atom. The molecule has 0 bridgehead atoms. The maximum absolute atomic E-state index is 13.0. The van der Waals surface area contributed by atoms with Crippen LogP contribution in [0.5, 0.6) is 0 Å². The summed E-state index contributed by atoms with van der Waals surface area (Å²) in [5.74, 6) is 0. The van der Waals surface area contributed by atoms with Crippen LogP contribution in [-0.2, 0) is 32.2 Å². The van der Waals surface area contributed by atoms with Crippen molar-refractivity contribution in [2.24, 2.45) is 0 Å². The van der Waals surface area contributed by atoms with E-state index in [1.54, 1.807) is 0 Å². The maximum atomic E-state index is 13.0. The molecular formula is C20H24N8O17P2. The van der Waals surface area contributed by atoms with E-state index in [2.05, 4.69) is 24.5 Å². The van der Waals surface area contributed by atoms with Gasteiger partial charge in [0.2, 0.25) is 0 Å². The van der Waals surface area contributed by atoms with E-state index in [4.69, 9.17) is 28.3 Å². The SMILES string of the molecule is O=c1[nH]c(=O)c2ncn([C@@H]3O[C@H](COP(=O)(O)O[C@H]4[C@@H](O)[C@H](n5cnc6c(=O)[nH]c(=O)[nH]c65)O[C@@H]4COP(=O)(O)O)[C@@H](O)[C@H]3O)c2[nH]1. The zero-order valence-corrected chi connectivity index (χ0v) is 24.8. The molecule has 0 saturated carbocycles. The second-order valence-electron chi connectivity index (χ2n) is 10.2. The van der Waals surface area contributed by atoms with Gasteiger partial charge in [-0.15, -0.1) is 0 Å². The van der Waals surface area contributed by atoms with Gasteiger partial charge in [-0.25, -0.2) is 28.7 Å². The van der Waals surface area contributed by atoms with E-state index in [1.165, 1.54) is 0 Å². The van der Waals surface area contributed by atoms with Crippen LogP contribution >= 0.6 is 15.6 Å². The fraction of sp³-hybridized carbons (Fsp3) is 0.500. The zero-order valence-electron chi connectivity index (χ0n) is 23.0. The lowest BCUT2D eigenvalue weighted by Crippen LogP contribution is -2.37. The minimum Gasteiger partial charge on any atom is -0.387 e. The number of aromatic amines is 4. The Morgan fingerprint density at radius 2 is 1.21 bits per heavy atom. The molecule has 0 spiro atoms. The minimum atomic E-state index is -5.29. The van der Waals surface area contributed by atoms with Crippen molar-refractivity contribution in [3.05, 3.63) is 54.3 Å². The van der Waals surface area contributed by atoms with Gasteiger partial charge in [0, 0.05) is 0 Å². The number of nitrogens with zero attached hydrogens (tertiary/aromatic N) is 4. The van der Waals surface area contributed by atoms with Gasteiger partial charge in [-0.05, 0) is 0 Å². The number of aliphatic hydroxyl groups excluding tert-OH is 3. The molecule has 2 saturated heterocycles. The molecule has 0 amide bonds. The van der Waals surface area contributed by atoms with Gasteiger partial charge >= 0.3 is 27.0 Å². The molecule has 0 aromatic carbocycles. The van der Waals surface area contributed by atoms with Crippen molar-refractivity contribution in [1.29, 1.82) is 0 Å². The highest BCUT2D eigenvalue weighted by Crippen LogP contribution is 2.50. The largest absolute Gasteiger partial charge is 0.472 e. The molecule has 6 rings (SSSR count). The van der Waals surface area contributed by atoms with Gasteiger partial charge in [-0.1, -0.05) is 0 Å². The summed E-state index contributed by atoms with van der Waals surface area (Å²) in [6, 6.07) is 0. The Labute approximate surface area is 256 Å². The molecule has 47 heavy (non-hydrogen) atoms. The van der Waals surface area contributed by atoms with Gasteiger partial charge in [-0.2, -0.15) is 0 Å². The summed E-state index contributed by atoms with van der Waals surface area (Å²) < 4.78 is 51.9. The molecule has 2 aliphatic heterocycles. The van der Waals surface area contributed by atoms with Crippen molar-refractivity contribution >= 4 is 38.0 Å². The predicted molar refractivity (Wildman–Crippen MR) is 146 cm³/mol. The number of phosphoric ester groups is 2. The summed E-state index contributed by atoms with van der Waals surface area (Å²) in [7, 11) is -10.4. The first-order valence-corrected chi connectivity index (χ1v) is 16.1. The Morgan fingerprint density at radius 1 is 0.723 bits per heavy atom. The van der Waals surface area contributed by atoms with Crippen LogP contribution in [-0.4, -0.2) is 119 Å². The second-order valence-corrected chi connectivity index (χ2v) is 12.9. The van der Waals surface area contributed by atoms with Crippen LogP contribution in [0.25, 0.3) is 22.3 Å². The Hall–Kier alpha value is -3.68. The molecule has 25 nitrogen and oxygen atoms in total. The molecule has 9 atom stereocenters. The van der Waals surface area contributed by atoms with Gasteiger partial charge < -0.3 is 39.5 Å². The number of H-pyrrole nitrogens is 4. The molecular weight excluding hydrogens is 686 g/mol. The monoisotopic (exact) mass is 710 g/mol. The highest BCUT2D eigenvalue weighted by Gasteiger charge is 2.51. The molecule has 0 radical (unpaired) electrons. The number of nitrogens with one attached hydrogen (secondary N) is 4. The standard InChI is InChI=1S/C20H24N8O17P2/c29-9-5(43-17(10(9)30)27-3-21-7-13(27)23-19(34)25-15(7)32)1-42-47(39,40)45-12-6(2-41-46(36,37)38)44-18(11(12)31)28-4-22-8-14(28)24-20(35)26-16(8)33/h3-6,9-12,17-18,29-31H,1-2H2,(H,39,40)(H2,36,37,38)(H2,23,25,32,34)(H2,24,26,33,35)/t5-,6-,9-,10-,11-,12-,17-,18-/m1/s1. The summed E-state index contributed by atoms with van der Waals surface area (Å²) in [6.45, 7) is -1.94. The van der Waals surface area contributed by atoms with Crippen molar-refractivity contribution in [2.75, 3.05) is 13.2 Å². The van der Waals surface area contributed by atoms with Crippen molar-refractivity contribution < 1.29 is 62.2 Å². The predicted octanol–water partition coefficient (Wildman–Crippen LogP) is -4.67. The normalized spacial score (nSPS) is 29.6. The average molecular weight is 710 g/mol. The Bertz CT molecular complexity index is 2150. The van der Waals surface area contributed by atoms with Crippen LogP contribution < -0.4 is 22.5 Å². The Balaban J connectivity index is 1.19. The number of ether oxygens (including phenoxy) is 2. The van der Waals surface area contributed by atoms with Crippen molar-refractivity contribution in [3.63, 3.8) is 0 Å². The van der Waals surface area contributed by atoms with Gasteiger partial charge in [0.05, 0.1) is 25.9 Å². The lowest BCUT2D eigenvalue weighted by molar-refractivity contribution is -0.0582. The molecule has 0 aliphatic carbocycles. The summed E-state index contributed by atoms with van der Waals surface area (Å²) >= 11 is 0. The smallest absolute Gasteiger partial charge is 0.387 e. The number of hydrogen-bond acceptors (Lipinski definition) is 16. The first-order valence-electron chi connectivity index (χ1n) is 13.1. The van der Waals surface area contributed by atoms with E-state index in [9.17, 15) is 48.5 Å². The van der Waals surface area contributed by atoms with E-state index >= 15 is 0 Å². The summed E-state index contributed by atoms with van der Waals surface area (Å²) in [5, 5.41) is 32.2. The van der Waals surface area contributed by atoms with Gasteiger partial charge in [0.1, 0.15) is 47.9 Å². The molecule has 256 valence electrons. The molecule has 4 aromatic rings. The first-order chi connectivity index (χ1) is 22.0. The number of rotatable bonds is 10. The quantitative estimate of drug-likeness (QED) is 0.0691. The van der Waals surface area contributed by atoms with Crippen LogP contribution in [0.1, 0.15) is 12.5 Å². The summed E-state index contributed by atoms with van der Waals surface area (Å²) in [4.78, 5) is 92.6. The molecule has 6 heterocycles. The van der Waals surface area contributed by atoms with E-state index in [0.29, 0.717) is 0 Å². The van der Waals surface area contributed by atoms with Crippen LogP contribution in [0.3, 0.4) is 0 Å². The Kier molecular flexibility index (Phi) is 8.54. The fourth-order valence-corrected chi connectivity index (χ4v) is 6.43. The lowest BCUT2D eigenvalue weighted by atomic mass is 10.1.